The van der Waals surface area contributed by atoms with Crippen LogP contribution in [0.25, 0.3) is 0 Å². The van der Waals surface area contributed by atoms with Gasteiger partial charge in [0.1, 0.15) is 0 Å². The Bertz CT molecular complexity index is 281. The number of carbonyl (C=O) groups is 1. The summed E-state index contributed by atoms with van der Waals surface area (Å²) < 4.78 is 0. The summed E-state index contributed by atoms with van der Waals surface area (Å²) in [6, 6.07) is 0. The molecule has 0 aromatic carbocycles. The second-order valence-corrected chi connectivity index (χ2v) is 7.10. The molecule has 2 rings (SSSR count). The average Bonchev–Trinajstić information content (AvgIpc) is 2.92. The van der Waals surface area contributed by atoms with Gasteiger partial charge in [-0.2, -0.15) is 11.8 Å². The second kappa shape index (κ2) is 3.41. The minimum absolute atomic E-state index is 0.0310. The predicted octanol–water partition coefficient (Wildman–Crippen LogP) is 2.88. The van der Waals surface area contributed by atoms with E-state index in [1.807, 2.05) is 11.8 Å². The molecule has 3 heteroatoms. The highest BCUT2D eigenvalue weighted by molar-refractivity contribution is 7.99. The lowest BCUT2D eigenvalue weighted by Gasteiger charge is -2.07. The molecule has 1 unspecified atom stereocenters. The molecule has 2 nitrogen and oxygen atoms in total. The number of carboxylic acids is 1. The van der Waals surface area contributed by atoms with Crippen molar-refractivity contribution in [3.8, 4) is 0 Å². The molecule has 0 bridgehead atoms. The van der Waals surface area contributed by atoms with Crippen molar-refractivity contribution in [2.45, 2.75) is 33.6 Å². The Hall–Kier alpha value is -0.180. The quantitative estimate of drug-likeness (QED) is 0.786. The fourth-order valence-electron chi connectivity index (χ4n) is 2.34. The second-order valence-electron chi connectivity index (χ2n) is 6.07. The Labute approximate surface area is 95.8 Å². The maximum atomic E-state index is 11.0. The van der Waals surface area contributed by atoms with E-state index in [0.29, 0.717) is 11.3 Å². The van der Waals surface area contributed by atoms with Crippen molar-refractivity contribution in [1.29, 1.82) is 0 Å². The zero-order valence-electron chi connectivity index (χ0n) is 9.75. The van der Waals surface area contributed by atoms with E-state index in [0.717, 1.165) is 5.75 Å². The Morgan fingerprint density at radius 3 is 2.40 bits per heavy atom. The summed E-state index contributed by atoms with van der Waals surface area (Å²) in [4.78, 5) is 11.0. The molecule has 0 saturated heterocycles. The normalized spacial score (nSPS) is 34.9. The number of hydrogen-bond acceptors (Lipinski definition) is 2. The molecule has 2 atom stereocenters. The van der Waals surface area contributed by atoms with E-state index in [-0.39, 0.29) is 11.3 Å². The van der Waals surface area contributed by atoms with Gasteiger partial charge in [-0.05, 0) is 41.1 Å². The van der Waals surface area contributed by atoms with E-state index in [9.17, 15) is 4.79 Å². The monoisotopic (exact) mass is 228 g/mol. The van der Waals surface area contributed by atoms with Crippen molar-refractivity contribution >= 4 is 17.7 Å². The van der Waals surface area contributed by atoms with Crippen LogP contribution in [0.15, 0.2) is 0 Å². The smallest absolute Gasteiger partial charge is 0.307 e. The molecule has 2 fully saturated rings. The maximum Gasteiger partial charge on any atom is 0.307 e. The van der Waals surface area contributed by atoms with E-state index in [2.05, 4.69) is 20.8 Å². The third-order valence-electron chi connectivity index (χ3n) is 4.17. The molecule has 2 aliphatic carbocycles. The molecule has 0 aromatic heterocycles. The first-order chi connectivity index (χ1) is 6.87. The first-order valence-corrected chi connectivity index (χ1v) is 6.83. The van der Waals surface area contributed by atoms with Gasteiger partial charge in [0.05, 0.1) is 5.92 Å². The zero-order valence-corrected chi connectivity index (χ0v) is 10.6. The molecule has 0 radical (unpaired) electrons. The van der Waals surface area contributed by atoms with Gasteiger partial charge in [-0.15, -0.1) is 0 Å². The number of rotatable bonds is 5. The summed E-state index contributed by atoms with van der Waals surface area (Å²) in [5, 5.41) is 9.02. The maximum absolute atomic E-state index is 11.0. The van der Waals surface area contributed by atoms with Crippen LogP contribution in [0.3, 0.4) is 0 Å². The number of hydrogen-bond donors (Lipinski definition) is 1. The SMILES string of the molecule is CC1(CSCC2[C@@H](C(=O)O)C2(C)C)CC1. The molecule has 1 N–H and O–H groups in total. The molecule has 0 aromatic rings. The fourth-order valence-corrected chi connectivity index (χ4v) is 4.11. The molecule has 0 heterocycles. The molecule has 2 saturated carbocycles. The molecule has 2 aliphatic rings. The fraction of sp³-hybridized carbons (Fsp3) is 0.917. The summed E-state index contributed by atoms with van der Waals surface area (Å²) in [6.45, 7) is 6.48. The lowest BCUT2D eigenvalue weighted by atomic mass is 10.1. The number of carboxylic acid groups (broad SMARTS) is 1. The highest BCUT2D eigenvalue weighted by Crippen LogP contribution is 2.60. The van der Waals surface area contributed by atoms with Gasteiger partial charge in [0.15, 0.2) is 0 Å². The van der Waals surface area contributed by atoms with Gasteiger partial charge in [0.25, 0.3) is 0 Å². The van der Waals surface area contributed by atoms with E-state index >= 15 is 0 Å². The summed E-state index contributed by atoms with van der Waals surface area (Å²) in [5.41, 5.74) is 0.617. The van der Waals surface area contributed by atoms with Gasteiger partial charge in [-0.25, -0.2) is 0 Å². The molecular formula is C12H20O2S. The molecule has 0 spiro atoms. The highest BCUT2D eigenvalue weighted by atomic mass is 32.2. The van der Waals surface area contributed by atoms with E-state index < -0.39 is 5.97 Å². The Kier molecular flexibility index (Phi) is 2.57. The molecule has 0 aliphatic heterocycles. The van der Waals surface area contributed by atoms with Crippen LogP contribution in [-0.4, -0.2) is 22.6 Å². The lowest BCUT2D eigenvalue weighted by Crippen LogP contribution is -2.03. The molecule has 15 heavy (non-hydrogen) atoms. The summed E-state index contributed by atoms with van der Waals surface area (Å²) in [6.07, 6.45) is 2.72. The summed E-state index contributed by atoms with van der Waals surface area (Å²) in [5.74, 6) is 1.92. The van der Waals surface area contributed by atoms with Crippen molar-refractivity contribution in [3.05, 3.63) is 0 Å². The van der Waals surface area contributed by atoms with Gasteiger partial charge in [0, 0.05) is 0 Å². The van der Waals surface area contributed by atoms with Gasteiger partial charge < -0.3 is 5.11 Å². The Morgan fingerprint density at radius 1 is 1.40 bits per heavy atom. The minimum atomic E-state index is -0.608. The van der Waals surface area contributed by atoms with Crippen LogP contribution in [-0.2, 0) is 4.79 Å². The molecular weight excluding hydrogens is 208 g/mol. The van der Waals surface area contributed by atoms with Crippen LogP contribution in [0.2, 0.25) is 0 Å². The Balaban J connectivity index is 1.74. The van der Waals surface area contributed by atoms with Crippen LogP contribution in [0.1, 0.15) is 33.6 Å². The summed E-state index contributed by atoms with van der Waals surface area (Å²) >= 11 is 1.95. The minimum Gasteiger partial charge on any atom is -0.481 e. The van der Waals surface area contributed by atoms with Crippen LogP contribution < -0.4 is 0 Å². The third kappa shape index (κ3) is 2.17. The van der Waals surface area contributed by atoms with Crippen molar-refractivity contribution in [2.24, 2.45) is 22.7 Å². The van der Waals surface area contributed by atoms with Crippen LogP contribution in [0.5, 0.6) is 0 Å². The van der Waals surface area contributed by atoms with Gasteiger partial charge in [-0.3, -0.25) is 4.79 Å². The van der Waals surface area contributed by atoms with E-state index in [4.69, 9.17) is 5.11 Å². The lowest BCUT2D eigenvalue weighted by molar-refractivity contribution is -0.139. The van der Waals surface area contributed by atoms with Gasteiger partial charge in [-0.1, -0.05) is 20.8 Å². The average molecular weight is 228 g/mol. The first kappa shape index (κ1) is 11.3. The molecule has 86 valence electrons. The van der Waals surface area contributed by atoms with Crippen molar-refractivity contribution < 1.29 is 9.90 Å². The largest absolute Gasteiger partial charge is 0.481 e. The van der Waals surface area contributed by atoms with Crippen molar-refractivity contribution in [1.82, 2.24) is 0 Å². The molecule has 0 amide bonds. The van der Waals surface area contributed by atoms with Crippen LogP contribution in [0.4, 0.5) is 0 Å². The van der Waals surface area contributed by atoms with Crippen LogP contribution >= 0.6 is 11.8 Å². The third-order valence-corrected chi connectivity index (χ3v) is 5.66. The number of aliphatic carboxylic acids is 1. The predicted molar refractivity (Wildman–Crippen MR) is 63.1 cm³/mol. The van der Waals surface area contributed by atoms with Gasteiger partial charge >= 0.3 is 5.97 Å². The van der Waals surface area contributed by atoms with Gasteiger partial charge in [0.2, 0.25) is 0 Å². The van der Waals surface area contributed by atoms with Crippen molar-refractivity contribution in [3.63, 3.8) is 0 Å². The first-order valence-electron chi connectivity index (χ1n) is 5.67. The summed E-state index contributed by atoms with van der Waals surface area (Å²) in [7, 11) is 0. The van der Waals surface area contributed by atoms with Crippen molar-refractivity contribution in [2.75, 3.05) is 11.5 Å². The Morgan fingerprint density at radius 2 is 2.00 bits per heavy atom. The van der Waals surface area contributed by atoms with E-state index in [1.54, 1.807) is 0 Å². The number of thioether (sulfide) groups is 1. The van der Waals surface area contributed by atoms with Crippen LogP contribution in [0, 0.1) is 22.7 Å². The standard InChI is InChI=1S/C12H20O2S/c1-11(2)8(9(11)10(13)14)6-15-7-12(3)4-5-12/h8-9H,4-7H2,1-3H3,(H,13,14)/t8?,9-/m0/s1. The zero-order chi connectivity index (χ0) is 11.3. The topological polar surface area (TPSA) is 37.3 Å². The highest BCUT2D eigenvalue weighted by Gasteiger charge is 2.61. The van der Waals surface area contributed by atoms with E-state index in [1.165, 1.54) is 18.6 Å².